The zero-order valence-corrected chi connectivity index (χ0v) is 12.1. The molecule has 1 amide bonds. The van der Waals surface area contributed by atoms with Gasteiger partial charge in [0.2, 0.25) is 0 Å². The molecular formula is C14H14N4OS. The Morgan fingerprint density at radius 3 is 3.00 bits per heavy atom. The van der Waals surface area contributed by atoms with Crippen molar-refractivity contribution in [2.45, 2.75) is 13.5 Å². The molecule has 0 spiro atoms. The van der Waals surface area contributed by atoms with Gasteiger partial charge in [-0.05, 0) is 19.1 Å². The highest BCUT2D eigenvalue weighted by Crippen LogP contribution is 2.11. The van der Waals surface area contributed by atoms with E-state index in [-0.39, 0.29) is 5.91 Å². The van der Waals surface area contributed by atoms with Gasteiger partial charge in [-0.3, -0.25) is 4.79 Å². The normalized spacial score (nSPS) is 10.9. The van der Waals surface area contributed by atoms with Crippen LogP contribution in [0.2, 0.25) is 0 Å². The van der Waals surface area contributed by atoms with Gasteiger partial charge < -0.3 is 9.30 Å². The number of carbonyl (C=O) groups is 1. The van der Waals surface area contributed by atoms with Crippen molar-refractivity contribution >= 4 is 22.9 Å². The van der Waals surface area contributed by atoms with E-state index in [9.17, 15) is 4.79 Å². The molecule has 0 saturated heterocycles. The number of nitrogens with zero attached hydrogens (tertiary/aromatic N) is 4. The van der Waals surface area contributed by atoms with Gasteiger partial charge in [0.05, 0.1) is 17.7 Å². The van der Waals surface area contributed by atoms with Crippen LogP contribution < -0.4 is 0 Å². The van der Waals surface area contributed by atoms with E-state index >= 15 is 0 Å². The van der Waals surface area contributed by atoms with Crippen LogP contribution >= 0.6 is 11.3 Å². The SMILES string of the molecule is Cc1cccc2nc(C(=O)N(C)Cc3cscn3)cn12. The highest BCUT2D eigenvalue weighted by molar-refractivity contribution is 7.07. The molecule has 0 atom stereocenters. The van der Waals surface area contributed by atoms with Crippen LogP contribution in [0.15, 0.2) is 35.3 Å². The smallest absolute Gasteiger partial charge is 0.274 e. The number of fused-ring (bicyclic) bond motifs is 1. The van der Waals surface area contributed by atoms with Crippen molar-refractivity contribution in [2.24, 2.45) is 0 Å². The van der Waals surface area contributed by atoms with Crippen LogP contribution in [-0.4, -0.2) is 32.2 Å². The van der Waals surface area contributed by atoms with Crippen LogP contribution in [0.1, 0.15) is 21.9 Å². The van der Waals surface area contributed by atoms with Gasteiger partial charge in [-0.1, -0.05) is 6.07 Å². The van der Waals surface area contributed by atoms with Crippen LogP contribution in [0.5, 0.6) is 0 Å². The van der Waals surface area contributed by atoms with Crippen LogP contribution in [0.25, 0.3) is 5.65 Å². The van der Waals surface area contributed by atoms with Gasteiger partial charge >= 0.3 is 0 Å². The molecule has 20 heavy (non-hydrogen) atoms. The molecule has 0 radical (unpaired) electrons. The summed E-state index contributed by atoms with van der Waals surface area (Å²) in [6.07, 6.45) is 1.78. The van der Waals surface area contributed by atoms with Gasteiger partial charge in [-0.2, -0.15) is 0 Å². The maximum atomic E-state index is 12.4. The average molecular weight is 286 g/mol. The maximum absolute atomic E-state index is 12.4. The third-order valence-electron chi connectivity index (χ3n) is 3.14. The maximum Gasteiger partial charge on any atom is 0.274 e. The molecule has 3 rings (SSSR count). The number of carbonyl (C=O) groups excluding carboxylic acids is 1. The molecule has 0 aromatic carbocycles. The Kier molecular flexibility index (Phi) is 3.23. The standard InChI is InChI=1S/C14H14N4OS/c1-10-4-3-5-13-16-12(7-18(10)13)14(19)17(2)6-11-8-20-9-15-11/h3-5,7-9H,6H2,1-2H3. The van der Waals surface area contributed by atoms with E-state index in [0.717, 1.165) is 17.0 Å². The molecule has 0 unspecified atom stereocenters. The van der Waals surface area contributed by atoms with Gasteiger partial charge in [-0.15, -0.1) is 11.3 Å². The molecule has 0 fully saturated rings. The summed E-state index contributed by atoms with van der Waals surface area (Å²) in [5.41, 5.74) is 4.96. The van der Waals surface area contributed by atoms with Gasteiger partial charge in [0.1, 0.15) is 11.3 Å². The first kappa shape index (κ1) is 12.8. The molecule has 0 aliphatic carbocycles. The molecule has 0 N–H and O–H groups in total. The number of hydrogen-bond donors (Lipinski definition) is 0. The first-order valence-electron chi connectivity index (χ1n) is 6.22. The summed E-state index contributed by atoms with van der Waals surface area (Å²) < 4.78 is 1.92. The van der Waals surface area contributed by atoms with Crippen LogP contribution in [0.3, 0.4) is 0 Å². The second kappa shape index (κ2) is 5.05. The summed E-state index contributed by atoms with van der Waals surface area (Å²) in [7, 11) is 1.76. The lowest BCUT2D eigenvalue weighted by Crippen LogP contribution is -2.26. The first-order chi connectivity index (χ1) is 9.65. The van der Waals surface area contributed by atoms with Crippen LogP contribution in [-0.2, 0) is 6.54 Å². The minimum absolute atomic E-state index is 0.0962. The summed E-state index contributed by atoms with van der Waals surface area (Å²) in [5.74, 6) is -0.0962. The quantitative estimate of drug-likeness (QED) is 0.742. The molecule has 3 aromatic heterocycles. The fraction of sp³-hybridized carbons (Fsp3) is 0.214. The topological polar surface area (TPSA) is 50.5 Å². The number of pyridine rings is 1. The van der Waals surface area contributed by atoms with Crippen molar-refractivity contribution in [1.29, 1.82) is 0 Å². The second-order valence-electron chi connectivity index (χ2n) is 4.66. The van der Waals surface area contributed by atoms with Crippen molar-refractivity contribution in [3.8, 4) is 0 Å². The molecule has 3 aromatic rings. The third kappa shape index (κ3) is 2.30. The number of rotatable bonds is 3. The molecule has 0 bridgehead atoms. The first-order valence-corrected chi connectivity index (χ1v) is 7.16. The van der Waals surface area contributed by atoms with E-state index in [0.29, 0.717) is 12.2 Å². The number of aromatic nitrogens is 3. The Balaban J connectivity index is 1.86. The molecular weight excluding hydrogens is 272 g/mol. The molecule has 3 heterocycles. The van der Waals surface area contributed by atoms with E-state index < -0.39 is 0 Å². The summed E-state index contributed by atoms with van der Waals surface area (Å²) in [6.45, 7) is 2.48. The van der Waals surface area contributed by atoms with Crippen molar-refractivity contribution < 1.29 is 4.79 Å². The zero-order chi connectivity index (χ0) is 14.1. The van der Waals surface area contributed by atoms with Gasteiger partial charge in [0.25, 0.3) is 5.91 Å². The fourth-order valence-corrected chi connectivity index (χ4v) is 2.63. The number of hydrogen-bond acceptors (Lipinski definition) is 4. The van der Waals surface area contributed by atoms with Crippen molar-refractivity contribution in [1.82, 2.24) is 19.3 Å². The summed E-state index contributed by atoms with van der Waals surface area (Å²) in [4.78, 5) is 22.6. The fourth-order valence-electron chi connectivity index (χ4n) is 2.08. The Bertz CT molecular complexity index is 748. The number of amides is 1. The molecule has 5 nitrogen and oxygen atoms in total. The van der Waals surface area contributed by atoms with Gasteiger partial charge in [0, 0.05) is 24.3 Å². The molecule has 102 valence electrons. The summed E-state index contributed by atoms with van der Waals surface area (Å²) in [6, 6.07) is 5.82. The van der Waals surface area contributed by atoms with Crippen LogP contribution in [0.4, 0.5) is 0 Å². The third-order valence-corrected chi connectivity index (χ3v) is 3.78. The van der Waals surface area contributed by atoms with Crippen molar-refractivity contribution in [3.63, 3.8) is 0 Å². The van der Waals surface area contributed by atoms with Gasteiger partial charge in [-0.25, -0.2) is 9.97 Å². The molecule has 0 aliphatic heterocycles. The Labute approximate surface area is 120 Å². The van der Waals surface area contributed by atoms with E-state index in [2.05, 4.69) is 9.97 Å². The van der Waals surface area contributed by atoms with E-state index in [1.54, 1.807) is 23.7 Å². The van der Waals surface area contributed by atoms with Crippen molar-refractivity contribution in [3.05, 3.63) is 52.4 Å². The average Bonchev–Trinajstić information content (AvgIpc) is 3.07. The monoisotopic (exact) mass is 286 g/mol. The van der Waals surface area contributed by atoms with Gasteiger partial charge in [0.15, 0.2) is 0 Å². The molecule has 6 heteroatoms. The molecule has 0 saturated carbocycles. The highest BCUT2D eigenvalue weighted by Gasteiger charge is 2.16. The second-order valence-corrected chi connectivity index (χ2v) is 5.38. The number of thiazole rings is 1. The number of imidazole rings is 1. The zero-order valence-electron chi connectivity index (χ0n) is 11.3. The minimum atomic E-state index is -0.0962. The molecule has 0 aliphatic rings. The summed E-state index contributed by atoms with van der Waals surface area (Å²) >= 11 is 1.53. The lowest BCUT2D eigenvalue weighted by molar-refractivity contribution is 0.0778. The Morgan fingerprint density at radius 1 is 1.45 bits per heavy atom. The van der Waals surface area contributed by atoms with Crippen LogP contribution in [0, 0.1) is 6.92 Å². The lowest BCUT2D eigenvalue weighted by atomic mass is 10.3. The minimum Gasteiger partial charge on any atom is -0.334 e. The summed E-state index contributed by atoms with van der Waals surface area (Å²) in [5, 5.41) is 1.94. The predicted octanol–water partition coefficient (Wildman–Crippen LogP) is 2.37. The Hall–Kier alpha value is -2.21. The number of aryl methyl sites for hydroxylation is 1. The highest BCUT2D eigenvalue weighted by atomic mass is 32.1. The lowest BCUT2D eigenvalue weighted by Gasteiger charge is -2.13. The van der Waals surface area contributed by atoms with E-state index in [4.69, 9.17) is 0 Å². The van der Waals surface area contributed by atoms with E-state index in [1.807, 2.05) is 34.9 Å². The van der Waals surface area contributed by atoms with Crippen molar-refractivity contribution in [2.75, 3.05) is 7.05 Å². The largest absolute Gasteiger partial charge is 0.334 e. The van der Waals surface area contributed by atoms with E-state index in [1.165, 1.54) is 11.3 Å². The predicted molar refractivity (Wildman–Crippen MR) is 77.8 cm³/mol. The Morgan fingerprint density at radius 2 is 2.30 bits per heavy atom.